The van der Waals surface area contributed by atoms with Crippen LogP contribution < -0.4 is 16.0 Å². The number of rotatable bonds is 7. The first-order valence-electron chi connectivity index (χ1n) is 12.5. The van der Waals surface area contributed by atoms with Gasteiger partial charge in [-0.15, -0.1) is 0 Å². The van der Waals surface area contributed by atoms with E-state index in [2.05, 4.69) is 25.9 Å². The number of hydrogen-bond donors (Lipinski definition) is 4. The quantitative estimate of drug-likeness (QED) is 0.179. The Morgan fingerprint density at radius 2 is 1.60 bits per heavy atom. The van der Waals surface area contributed by atoms with Crippen LogP contribution in [-0.4, -0.2) is 27.1 Å². The molecule has 0 aliphatic carbocycles. The predicted octanol–water partition coefficient (Wildman–Crippen LogP) is 6.81. The number of aromatic nitrogens is 2. The Labute approximate surface area is 228 Å². The average molecular weight is 530 g/mol. The fourth-order valence-electron chi connectivity index (χ4n) is 4.55. The van der Waals surface area contributed by atoms with Gasteiger partial charge in [-0.1, -0.05) is 48.5 Å². The van der Waals surface area contributed by atoms with Crippen molar-refractivity contribution < 1.29 is 19.1 Å². The van der Waals surface area contributed by atoms with Gasteiger partial charge in [-0.25, -0.2) is 14.8 Å². The summed E-state index contributed by atoms with van der Waals surface area (Å²) in [7, 11) is 0. The summed E-state index contributed by atoms with van der Waals surface area (Å²) >= 11 is 0. The predicted molar refractivity (Wildman–Crippen MR) is 154 cm³/mol. The van der Waals surface area contributed by atoms with E-state index in [-0.39, 0.29) is 12.5 Å². The van der Waals surface area contributed by atoms with Gasteiger partial charge in [0.25, 0.3) is 5.91 Å². The number of benzene rings is 4. The number of anilines is 3. The van der Waals surface area contributed by atoms with Gasteiger partial charge >= 0.3 is 6.09 Å². The second-order valence-electron chi connectivity index (χ2n) is 9.09. The Balaban J connectivity index is 1.21. The molecule has 6 aromatic rings. The zero-order valence-electron chi connectivity index (χ0n) is 21.1. The van der Waals surface area contributed by atoms with Gasteiger partial charge in [-0.3, -0.25) is 4.79 Å². The fourth-order valence-corrected chi connectivity index (χ4v) is 4.55. The molecule has 0 radical (unpaired) electrons. The molecule has 2 amide bonds. The maximum absolute atomic E-state index is 12.8. The maximum Gasteiger partial charge on any atom is 0.404 e. The van der Waals surface area contributed by atoms with Crippen LogP contribution in [0.5, 0.6) is 0 Å². The fraction of sp³-hybridized carbons (Fsp3) is 0.0323. The Kier molecular flexibility index (Phi) is 6.51. The van der Waals surface area contributed by atoms with E-state index < -0.39 is 6.09 Å². The molecule has 196 valence electrons. The van der Waals surface area contributed by atoms with E-state index in [4.69, 9.17) is 9.52 Å². The summed E-state index contributed by atoms with van der Waals surface area (Å²) in [6, 6.07) is 29.8. The molecule has 4 N–H and O–H groups in total. The van der Waals surface area contributed by atoms with Crippen LogP contribution in [0.2, 0.25) is 0 Å². The lowest BCUT2D eigenvalue weighted by molar-refractivity contribution is 0.102. The van der Waals surface area contributed by atoms with Gasteiger partial charge in [0.05, 0.1) is 5.69 Å². The molecule has 0 unspecified atom stereocenters. The second kappa shape index (κ2) is 10.6. The van der Waals surface area contributed by atoms with Crippen molar-refractivity contribution in [3.8, 4) is 11.3 Å². The van der Waals surface area contributed by atoms with E-state index >= 15 is 0 Å². The first-order valence-corrected chi connectivity index (χ1v) is 12.5. The number of para-hydroxylation sites is 2. The van der Waals surface area contributed by atoms with Crippen molar-refractivity contribution in [2.45, 2.75) is 6.54 Å². The molecule has 0 bridgehead atoms. The smallest absolute Gasteiger partial charge is 0.404 e. The second-order valence-corrected chi connectivity index (χ2v) is 9.09. The highest BCUT2D eigenvalue weighted by molar-refractivity contribution is 6.09. The molecule has 2 heterocycles. The van der Waals surface area contributed by atoms with Gasteiger partial charge < -0.3 is 25.5 Å². The topological polar surface area (TPSA) is 129 Å². The average Bonchev–Trinajstić information content (AvgIpc) is 3.35. The maximum atomic E-state index is 12.8. The summed E-state index contributed by atoms with van der Waals surface area (Å²) in [5.41, 5.74) is 5.58. The first-order chi connectivity index (χ1) is 19.5. The van der Waals surface area contributed by atoms with Crippen LogP contribution in [0.3, 0.4) is 0 Å². The van der Waals surface area contributed by atoms with Crippen LogP contribution in [0.25, 0.3) is 33.2 Å². The molecule has 0 spiro atoms. The van der Waals surface area contributed by atoms with Gasteiger partial charge in [-0.2, -0.15) is 0 Å². The molecule has 9 nitrogen and oxygen atoms in total. The number of nitrogens with one attached hydrogen (secondary N) is 3. The summed E-state index contributed by atoms with van der Waals surface area (Å²) in [6.45, 7) is 0.113. The lowest BCUT2D eigenvalue weighted by atomic mass is 10.1. The van der Waals surface area contributed by atoms with E-state index in [0.717, 1.165) is 33.2 Å². The van der Waals surface area contributed by atoms with Crippen molar-refractivity contribution in [1.82, 2.24) is 15.3 Å². The summed E-state index contributed by atoms with van der Waals surface area (Å²) in [5.74, 6) is 0.276. The molecular weight excluding hydrogens is 506 g/mol. The molecule has 4 aromatic carbocycles. The number of hydrogen-bond acceptors (Lipinski definition) is 6. The third kappa shape index (κ3) is 5.16. The first kappa shape index (κ1) is 24.6. The highest BCUT2D eigenvalue weighted by Crippen LogP contribution is 2.35. The third-order valence-corrected chi connectivity index (χ3v) is 6.37. The molecule has 9 heteroatoms. The lowest BCUT2D eigenvalue weighted by Gasteiger charge is -2.11. The van der Waals surface area contributed by atoms with Crippen molar-refractivity contribution >= 4 is 51.1 Å². The molecule has 0 saturated carbocycles. The standard InChI is InChI=1S/C31H23N5O4/c37-30(20-7-3-6-19(14-20)17-32-31(38)39)36-22-9-4-8-21(15-22)35-28-16-26(33-18-34-28)25-12-5-11-24-23-10-1-2-13-27(23)40-29(24)25/h1-16,18,32H,17H2,(H,36,37)(H,38,39)(H,33,34,35). The van der Waals surface area contributed by atoms with E-state index in [1.807, 2.05) is 60.7 Å². The van der Waals surface area contributed by atoms with Crippen LogP contribution in [-0.2, 0) is 6.54 Å². The van der Waals surface area contributed by atoms with Crippen LogP contribution >= 0.6 is 0 Å². The van der Waals surface area contributed by atoms with Crippen molar-refractivity contribution in [2.75, 3.05) is 10.6 Å². The minimum absolute atomic E-state index is 0.113. The van der Waals surface area contributed by atoms with E-state index in [1.165, 1.54) is 6.33 Å². The third-order valence-electron chi connectivity index (χ3n) is 6.37. The highest BCUT2D eigenvalue weighted by Gasteiger charge is 2.14. The zero-order chi connectivity index (χ0) is 27.5. The Hall–Kier alpha value is -5.70. The number of nitrogens with zero attached hydrogens (tertiary/aromatic N) is 2. The highest BCUT2D eigenvalue weighted by atomic mass is 16.4. The molecule has 0 aliphatic rings. The van der Waals surface area contributed by atoms with E-state index in [9.17, 15) is 9.59 Å². The molecule has 0 aliphatic heterocycles. The molecule has 0 fully saturated rings. The van der Waals surface area contributed by atoms with E-state index in [1.54, 1.807) is 36.4 Å². The summed E-state index contributed by atoms with van der Waals surface area (Å²) in [6.07, 6.45) is 0.373. The van der Waals surface area contributed by atoms with Crippen molar-refractivity contribution in [3.05, 3.63) is 115 Å². The largest absolute Gasteiger partial charge is 0.465 e. The number of carbonyl (C=O) groups is 2. The number of amides is 2. The molecule has 6 rings (SSSR count). The number of carbonyl (C=O) groups excluding carboxylic acids is 1. The minimum atomic E-state index is -1.12. The Morgan fingerprint density at radius 3 is 2.50 bits per heavy atom. The number of carboxylic acid groups (broad SMARTS) is 1. The lowest BCUT2D eigenvalue weighted by Crippen LogP contribution is -2.20. The zero-order valence-corrected chi connectivity index (χ0v) is 21.1. The van der Waals surface area contributed by atoms with Gasteiger partial charge in [-0.05, 0) is 48.0 Å². The summed E-state index contributed by atoms with van der Waals surface area (Å²) in [4.78, 5) is 32.5. The van der Waals surface area contributed by atoms with Gasteiger partial charge in [0, 0.05) is 45.9 Å². The molecule has 40 heavy (non-hydrogen) atoms. The molecule has 2 aromatic heterocycles. The Bertz CT molecular complexity index is 1880. The van der Waals surface area contributed by atoms with Crippen molar-refractivity contribution in [2.24, 2.45) is 0 Å². The van der Waals surface area contributed by atoms with Gasteiger partial charge in [0.2, 0.25) is 0 Å². The minimum Gasteiger partial charge on any atom is -0.465 e. The van der Waals surface area contributed by atoms with Crippen LogP contribution in [0.15, 0.2) is 108 Å². The SMILES string of the molecule is O=C(O)NCc1cccc(C(=O)Nc2cccc(Nc3cc(-c4cccc5c4oc4ccccc45)ncn3)c2)c1. The van der Waals surface area contributed by atoms with Gasteiger partial charge in [0.1, 0.15) is 23.3 Å². The van der Waals surface area contributed by atoms with Crippen LogP contribution in [0.4, 0.5) is 22.0 Å². The summed E-state index contributed by atoms with van der Waals surface area (Å²) < 4.78 is 6.17. The van der Waals surface area contributed by atoms with Crippen LogP contribution in [0.1, 0.15) is 15.9 Å². The van der Waals surface area contributed by atoms with E-state index in [0.29, 0.717) is 28.3 Å². The van der Waals surface area contributed by atoms with Gasteiger partial charge in [0.15, 0.2) is 0 Å². The Morgan fingerprint density at radius 1 is 0.800 bits per heavy atom. The number of furan rings is 1. The van der Waals surface area contributed by atoms with Crippen LogP contribution in [0, 0.1) is 0 Å². The molecule has 0 atom stereocenters. The molecular formula is C31H23N5O4. The van der Waals surface area contributed by atoms with Crippen molar-refractivity contribution in [1.29, 1.82) is 0 Å². The number of fused-ring (bicyclic) bond motifs is 3. The normalized spacial score (nSPS) is 10.9. The summed E-state index contributed by atoms with van der Waals surface area (Å²) in [5, 5.41) is 19.4. The molecule has 0 saturated heterocycles. The monoisotopic (exact) mass is 529 g/mol. The van der Waals surface area contributed by atoms with Crippen molar-refractivity contribution in [3.63, 3.8) is 0 Å².